The molecule has 0 heterocycles. The zero-order chi connectivity index (χ0) is 32.9. The fourth-order valence-electron chi connectivity index (χ4n) is 4.42. The topological polar surface area (TPSA) is 174 Å². The number of benzene rings is 4. The molecule has 4 rings (SSSR count). The summed E-state index contributed by atoms with van der Waals surface area (Å²) < 4.78 is 67.5. The number of nitro benzene ring substituents is 1. The molecule has 0 aliphatic rings. The van der Waals surface area contributed by atoms with Crippen LogP contribution in [-0.2, 0) is 24.8 Å². The third-order valence-corrected chi connectivity index (χ3v) is 9.84. The highest BCUT2D eigenvalue weighted by Gasteiger charge is 2.34. The maximum absolute atomic E-state index is 13.9. The molecule has 0 spiro atoms. The molecule has 0 saturated carbocycles. The van der Waals surface area contributed by atoms with Crippen LogP contribution in [0.15, 0.2) is 94.7 Å². The maximum atomic E-state index is 13.9. The van der Waals surface area contributed by atoms with Crippen molar-refractivity contribution >= 4 is 48.7 Å². The van der Waals surface area contributed by atoms with Gasteiger partial charge in [0.05, 0.1) is 35.4 Å². The summed E-state index contributed by atoms with van der Waals surface area (Å²) in [4.78, 5) is 23.4. The molecule has 45 heavy (non-hydrogen) atoms. The molecule has 0 saturated heterocycles. The number of methoxy groups -OCH3 is 2. The minimum Gasteiger partial charge on any atom is -0.497 e. The molecular formula is C30H30N4O9S2. The molecule has 13 nitrogen and oxygen atoms in total. The number of nitrogens with zero attached hydrogens (tertiary/aromatic N) is 2. The average Bonchev–Trinajstić information content (AvgIpc) is 3.01. The second-order valence-electron chi connectivity index (χ2n) is 9.77. The highest BCUT2D eigenvalue weighted by Crippen LogP contribution is 2.37. The summed E-state index contributed by atoms with van der Waals surface area (Å²) in [5.41, 5.74) is 1.57. The van der Waals surface area contributed by atoms with Gasteiger partial charge in [0.2, 0.25) is 5.91 Å². The summed E-state index contributed by atoms with van der Waals surface area (Å²) in [6, 6.07) is 19.5. The Hall–Kier alpha value is -5.15. The van der Waals surface area contributed by atoms with Crippen LogP contribution in [0.3, 0.4) is 0 Å². The van der Waals surface area contributed by atoms with Crippen molar-refractivity contribution in [1.29, 1.82) is 0 Å². The van der Waals surface area contributed by atoms with E-state index >= 15 is 0 Å². The zero-order valence-corrected chi connectivity index (χ0v) is 26.3. The number of hydrogen-bond donors (Lipinski definition) is 2. The van der Waals surface area contributed by atoms with Crippen LogP contribution in [0.2, 0.25) is 0 Å². The van der Waals surface area contributed by atoms with Gasteiger partial charge in [0.1, 0.15) is 18.0 Å². The standard InChI is InChI=1S/C30H30N4O9S2/c1-20-9-15-25(21(2)17-20)32-44(38,39)24-13-10-22(11-14-24)31-30(35)19-33(26-16-12-23(42-3)18-28(26)43-4)45(40,41)29-8-6-5-7-27(29)34(36)37/h5-18,32H,19H2,1-4H3,(H,31,35). The molecule has 15 heteroatoms. The zero-order valence-electron chi connectivity index (χ0n) is 24.7. The van der Waals surface area contributed by atoms with Crippen LogP contribution in [0.5, 0.6) is 11.5 Å². The average molecular weight is 655 g/mol. The van der Waals surface area contributed by atoms with Crippen LogP contribution in [0.25, 0.3) is 0 Å². The summed E-state index contributed by atoms with van der Waals surface area (Å²) in [6.07, 6.45) is 0. The molecule has 0 fully saturated rings. The maximum Gasteiger partial charge on any atom is 0.289 e. The summed E-state index contributed by atoms with van der Waals surface area (Å²) in [5, 5.41) is 14.2. The molecule has 0 aromatic heterocycles. The lowest BCUT2D eigenvalue weighted by Crippen LogP contribution is -2.38. The Morgan fingerprint density at radius 3 is 2.20 bits per heavy atom. The van der Waals surface area contributed by atoms with Crippen molar-refractivity contribution in [3.63, 3.8) is 0 Å². The van der Waals surface area contributed by atoms with Gasteiger partial charge in [0, 0.05) is 17.8 Å². The van der Waals surface area contributed by atoms with E-state index in [9.17, 15) is 31.7 Å². The lowest BCUT2D eigenvalue weighted by molar-refractivity contribution is -0.387. The van der Waals surface area contributed by atoms with Crippen LogP contribution in [0.1, 0.15) is 11.1 Å². The van der Waals surface area contributed by atoms with Gasteiger partial charge in [0.15, 0.2) is 4.90 Å². The Kier molecular flexibility index (Phi) is 9.63. The number of para-hydroxylation sites is 1. The molecular weight excluding hydrogens is 624 g/mol. The van der Waals surface area contributed by atoms with E-state index in [-0.39, 0.29) is 22.0 Å². The molecule has 0 aliphatic heterocycles. The Morgan fingerprint density at radius 2 is 1.58 bits per heavy atom. The van der Waals surface area contributed by atoms with Crippen molar-refractivity contribution in [1.82, 2.24) is 0 Å². The highest BCUT2D eigenvalue weighted by atomic mass is 32.2. The van der Waals surface area contributed by atoms with Gasteiger partial charge in [-0.1, -0.05) is 29.8 Å². The smallest absolute Gasteiger partial charge is 0.289 e. The van der Waals surface area contributed by atoms with E-state index in [0.717, 1.165) is 23.3 Å². The van der Waals surface area contributed by atoms with E-state index in [1.165, 1.54) is 68.8 Å². The van der Waals surface area contributed by atoms with Crippen molar-refractivity contribution in [2.24, 2.45) is 0 Å². The number of rotatable bonds is 12. The first-order valence-corrected chi connectivity index (χ1v) is 16.2. The van der Waals surface area contributed by atoms with Gasteiger partial charge in [-0.25, -0.2) is 16.8 Å². The van der Waals surface area contributed by atoms with Gasteiger partial charge in [-0.2, -0.15) is 0 Å². The van der Waals surface area contributed by atoms with Crippen molar-refractivity contribution in [2.75, 3.05) is 35.1 Å². The first-order valence-electron chi connectivity index (χ1n) is 13.2. The second-order valence-corrected chi connectivity index (χ2v) is 13.3. The quantitative estimate of drug-likeness (QED) is 0.160. The molecule has 236 valence electrons. The van der Waals surface area contributed by atoms with Crippen LogP contribution in [-0.4, -0.2) is 48.4 Å². The molecule has 1 amide bonds. The van der Waals surface area contributed by atoms with Gasteiger partial charge < -0.3 is 14.8 Å². The van der Waals surface area contributed by atoms with Crippen LogP contribution < -0.4 is 23.8 Å². The van der Waals surface area contributed by atoms with E-state index < -0.39 is 48.0 Å². The van der Waals surface area contributed by atoms with Gasteiger partial charge in [-0.05, 0) is 67.9 Å². The number of carbonyl (C=O) groups is 1. The molecule has 0 aliphatic carbocycles. The molecule has 0 atom stereocenters. The van der Waals surface area contributed by atoms with Crippen LogP contribution in [0, 0.1) is 24.0 Å². The number of nitrogens with one attached hydrogen (secondary N) is 2. The fraction of sp³-hybridized carbons (Fsp3) is 0.167. The monoisotopic (exact) mass is 654 g/mol. The number of ether oxygens (including phenoxy) is 2. The molecule has 0 radical (unpaired) electrons. The SMILES string of the molecule is COc1ccc(N(CC(=O)Nc2ccc(S(=O)(=O)Nc3ccc(C)cc3C)cc2)S(=O)(=O)c2ccccc2[N+](=O)[O-])c(OC)c1. The van der Waals surface area contributed by atoms with Crippen molar-refractivity contribution in [3.05, 3.63) is 106 Å². The molecule has 4 aromatic carbocycles. The third kappa shape index (κ3) is 7.33. The van der Waals surface area contributed by atoms with Gasteiger partial charge in [0.25, 0.3) is 25.7 Å². The number of carbonyl (C=O) groups excluding carboxylic acids is 1. The summed E-state index contributed by atoms with van der Waals surface area (Å²) in [5.74, 6) is -0.459. The Balaban J connectivity index is 1.63. The number of sulfonamides is 2. The van der Waals surface area contributed by atoms with E-state index in [0.29, 0.717) is 15.7 Å². The van der Waals surface area contributed by atoms with Gasteiger partial charge in [-0.3, -0.25) is 23.9 Å². The summed E-state index contributed by atoms with van der Waals surface area (Å²) in [6.45, 7) is 2.86. The number of aryl methyl sites for hydroxylation is 2. The lowest BCUT2D eigenvalue weighted by Gasteiger charge is -2.25. The minimum atomic E-state index is -4.71. The van der Waals surface area contributed by atoms with Crippen LogP contribution >= 0.6 is 0 Å². The van der Waals surface area contributed by atoms with Gasteiger partial charge in [-0.15, -0.1) is 0 Å². The van der Waals surface area contributed by atoms with Gasteiger partial charge >= 0.3 is 0 Å². The number of nitro groups is 1. The fourth-order valence-corrected chi connectivity index (χ4v) is 7.14. The predicted molar refractivity (Wildman–Crippen MR) is 169 cm³/mol. The third-order valence-electron chi connectivity index (χ3n) is 6.65. The van der Waals surface area contributed by atoms with E-state index in [4.69, 9.17) is 9.47 Å². The predicted octanol–water partition coefficient (Wildman–Crippen LogP) is 4.86. The second kappa shape index (κ2) is 13.2. The van der Waals surface area contributed by atoms with Crippen molar-refractivity contribution < 1.29 is 36.0 Å². The Bertz CT molecular complexity index is 1960. The first-order chi connectivity index (χ1) is 21.3. The summed E-state index contributed by atoms with van der Waals surface area (Å²) in [7, 11) is -5.97. The normalized spacial score (nSPS) is 11.4. The van der Waals surface area contributed by atoms with E-state index in [1.54, 1.807) is 19.1 Å². The van der Waals surface area contributed by atoms with Crippen molar-refractivity contribution in [2.45, 2.75) is 23.6 Å². The first kappa shape index (κ1) is 32.8. The lowest BCUT2D eigenvalue weighted by atomic mass is 10.1. The molecule has 0 bridgehead atoms. The number of anilines is 3. The molecule has 0 unspecified atom stereocenters. The highest BCUT2D eigenvalue weighted by molar-refractivity contribution is 7.93. The Labute approximate surface area is 260 Å². The Morgan fingerprint density at radius 1 is 0.889 bits per heavy atom. The van der Waals surface area contributed by atoms with Crippen LogP contribution in [0.4, 0.5) is 22.7 Å². The number of amides is 1. The van der Waals surface area contributed by atoms with E-state index in [2.05, 4.69) is 10.0 Å². The number of hydrogen-bond acceptors (Lipinski definition) is 9. The van der Waals surface area contributed by atoms with E-state index in [1.807, 2.05) is 13.0 Å². The molecule has 4 aromatic rings. The van der Waals surface area contributed by atoms with Crippen molar-refractivity contribution in [3.8, 4) is 11.5 Å². The minimum absolute atomic E-state index is 0.0233. The largest absolute Gasteiger partial charge is 0.497 e. The molecule has 2 N–H and O–H groups in total. The summed E-state index contributed by atoms with van der Waals surface area (Å²) >= 11 is 0.